The number of hydrogen-bond acceptors (Lipinski definition) is 3. The van der Waals surface area contributed by atoms with E-state index in [2.05, 4.69) is 49.5 Å². The van der Waals surface area contributed by atoms with Crippen LogP contribution in [0.15, 0.2) is 47.6 Å². The van der Waals surface area contributed by atoms with E-state index in [1.54, 1.807) is 18.0 Å². The fourth-order valence-corrected chi connectivity index (χ4v) is 3.08. The molecule has 2 rings (SSSR count). The molecule has 0 spiro atoms. The molecule has 0 aliphatic heterocycles. The molecule has 1 amide bonds. The predicted molar refractivity (Wildman–Crippen MR) is 104 cm³/mol. The Balaban J connectivity index is 1.87. The Morgan fingerprint density at radius 2 is 1.83 bits per heavy atom. The van der Waals surface area contributed by atoms with Gasteiger partial charge in [0.25, 0.3) is 5.91 Å². The second-order valence-corrected chi connectivity index (χ2v) is 7.22. The zero-order chi connectivity index (χ0) is 17.5. The van der Waals surface area contributed by atoms with Crippen LogP contribution in [0.1, 0.15) is 34.7 Å². The zero-order valence-electron chi connectivity index (χ0n) is 14.7. The number of nitrogens with zero attached hydrogens (tertiary/aromatic N) is 1. The van der Waals surface area contributed by atoms with Gasteiger partial charge < -0.3 is 0 Å². The van der Waals surface area contributed by atoms with E-state index in [4.69, 9.17) is 0 Å². The maximum Gasteiger partial charge on any atom is 0.252 e. The van der Waals surface area contributed by atoms with E-state index in [0.29, 0.717) is 0 Å². The highest BCUT2D eigenvalue weighted by atomic mass is 32.2. The summed E-state index contributed by atoms with van der Waals surface area (Å²) in [6.07, 6.45) is 1.72. The van der Waals surface area contributed by atoms with Crippen molar-refractivity contribution in [3.05, 3.63) is 70.3 Å². The number of nitrogens with one attached hydrogen (secondary N) is 1. The van der Waals surface area contributed by atoms with Gasteiger partial charge in [-0.25, -0.2) is 5.43 Å². The van der Waals surface area contributed by atoms with Crippen LogP contribution in [-0.2, 0) is 10.5 Å². The van der Waals surface area contributed by atoms with E-state index in [-0.39, 0.29) is 11.2 Å². The van der Waals surface area contributed by atoms with Crippen molar-refractivity contribution < 1.29 is 4.79 Å². The maximum atomic E-state index is 12.1. The first kappa shape index (κ1) is 18.3. The summed E-state index contributed by atoms with van der Waals surface area (Å²) in [6.45, 7) is 8.17. The Labute approximate surface area is 148 Å². The summed E-state index contributed by atoms with van der Waals surface area (Å²) in [5.74, 6) is 0.740. The Kier molecular flexibility index (Phi) is 6.62. The second-order valence-electron chi connectivity index (χ2n) is 5.89. The van der Waals surface area contributed by atoms with Gasteiger partial charge in [0, 0.05) is 5.75 Å². The van der Waals surface area contributed by atoms with E-state index >= 15 is 0 Å². The quantitative estimate of drug-likeness (QED) is 0.626. The molecule has 2 aromatic rings. The molecule has 24 heavy (non-hydrogen) atoms. The first-order chi connectivity index (χ1) is 11.5. The lowest BCUT2D eigenvalue weighted by molar-refractivity contribution is -0.120. The number of thioether (sulfide) groups is 1. The van der Waals surface area contributed by atoms with E-state index in [9.17, 15) is 4.79 Å². The maximum absolute atomic E-state index is 12.1. The molecule has 0 radical (unpaired) electrons. The highest BCUT2D eigenvalue weighted by Crippen LogP contribution is 2.18. The summed E-state index contributed by atoms with van der Waals surface area (Å²) in [7, 11) is 0. The third kappa shape index (κ3) is 4.96. The third-order valence-corrected chi connectivity index (χ3v) is 5.40. The lowest BCUT2D eigenvalue weighted by atomic mass is 10.00. The van der Waals surface area contributed by atoms with Gasteiger partial charge in [-0.15, -0.1) is 11.8 Å². The minimum Gasteiger partial charge on any atom is -0.272 e. The van der Waals surface area contributed by atoms with Crippen molar-refractivity contribution in [1.29, 1.82) is 0 Å². The first-order valence-corrected chi connectivity index (χ1v) is 9.09. The number of carbonyl (C=O) groups excluding carboxylic acids is 1. The SMILES string of the molecule is Cc1ccc(/C=N\NC(=O)[C@H](C)SCc2ccccc2)c(C)c1C. The van der Waals surface area contributed by atoms with Crippen molar-refractivity contribution in [3.63, 3.8) is 0 Å². The van der Waals surface area contributed by atoms with Gasteiger partial charge in [0.2, 0.25) is 0 Å². The molecule has 0 bridgehead atoms. The smallest absolute Gasteiger partial charge is 0.252 e. The summed E-state index contributed by atoms with van der Waals surface area (Å²) >= 11 is 1.61. The van der Waals surface area contributed by atoms with Gasteiger partial charge in [-0.05, 0) is 55.5 Å². The molecule has 0 saturated carbocycles. The standard InChI is InChI=1S/C20H24N2OS/c1-14-10-11-19(16(3)15(14)2)12-21-22-20(23)17(4)24-13-18-8-6-5-7-9-18/h5-12,17H,13H2,1-4H3,(H,22,23)/b21-12-/t17-/m0/s1. The number of hydrazone groups is 1. The van der Waals surface area contributed by atoms with Crippen LogP contribution in [-0.4, -0.2) is 17.4 Å². The monoisotopic (exact) mass is 340 g/mol. The van der Waals surface area contributed by atoms with E-state index in [1.165, 1.54) is 22.3 Å². The summed E-state index contributed by atoms with van der Waals surface area (Å²) in [6, 6.07) is 14.3. The highest BCUT2D eigenvalue weighted by Gasteiger charge is 2.12. The molecule has 3 nitrogen and oxygen atoms in total. The number of carbonyl (C=O) groups is 1. The first-order valence-electron chi connectivity index (χ1n) is 8.04. The summed E-state index contributed by atoms with van der Waals surface area (Å²) in [5, 5.41) is 3.96. The Morgan fingerprint density at radius 1 is 1.12 bits per heavy atom. The van der Waals surface area contributed by atoms with Crippen LogP contribution in [0.4, 0.5) is 0 Å². The van der Waals surface area contributed by atoms with Crippen molar-refractivity contribution in [2.45, 2.75) is 38.7 Å². The van der Waals surface area contributed by atoms with Gasteiger partial charge in [0.05, 0.1) is 11.5 Å². The summed E-state index contributed by atoms with van der Waals surface area (Å²) in [5.41, 5.74) is 8.61. The minimum absolute atomic E-state index is 0.0753. The molecule has 1 atom stereocenters. The molecule has 0 saturated heterocycles. The van der Waals surface area contributed by atoms with Crippen LogP contribution < -0.4 is 5.43 Å². The topological polar surface area (TPSA) is 41.5 Å². The molecule has 0 unspecified atom stereocenters. The van der Waals surface area contributed by atoms with Crippen molar-refractivity contribution in [2.75, 3.05) is 0 Å². The van der Waals surface area contributed by atoms with E-state index < -0.39 is 0 Å². The van der Waals surface area contributed by atoms with Crippen molar-refractivity contribution >= 4 is 23.9 Å². The average molecular weight is 340 g/mol. The van der Waals surface area contributed by atoms with Crippen molar-refractivity contribution in [1.82, 2.24) is 5.43 Å². The van der Waals surface area contributed by atoms with Gasteiger partial charge in [0.15, 0.2) is 0 Å². The van der Waals surface area contributed by atoms with Gasteiger partial charge in [0.1, 0.15) is 0 Å². The summed E-state index contributed by atoms with van der Waals surface area (Å²) < 4.78 is 0. The third-order valence-electron chi connectivity index (χ3n) is 4.19. The molecular weight excluding hydrogens is 316 g/mol. The van der Waals surface area contributed by atoms with Gasteiger partial charge >= 0.3 is 0 Å². The second kappa shape index (κ2) is 8.69. The van der Waals surface area contributed by atoms with E-state index in [1.807, 2.05) is 31.2 Å². The number of rotatable bonds is 6. The largest absolute Gasteiger partial charge is 0.272 e. The van der Waals surface area contributed by atoms with Crippen molar-refractivity contribution in [3.8, 4) is 0 Å². The lowest BCUT2D eigenvalue weighted by Gasteiger charge is -2.10. The molecule has 2 aromatic carbocycles. The zero-order valence-corrected chi connectivity index (χ0v) is 15.5. The summed E-state index contributed by atoms with van der Waals surface area (Å²) in [4.78, 5) is 12.1. The molecule has 126 valence electrons. The van der Waals surface area contributed by atoms with Crippen LogP contribution in [0.5, 0.6) is 0 Å². The Bertz CT molecular complexity index is 726. The minimum atomic E-state index is -0.150. The molecule has 0 fully saturated rings. The van der Waals surface area contributed by atoms with Crippen molar-refractivity contribution in [2.24, 2.45) is 5.10 Å². The number of hydrogen-bond donors (Lipinski definition) is 1. The van der Waals surface area contributed by atoms with Crippen LogP contribution in [0.25, 0.3) is 0 Å². The fraction of sp³-hybridized carbons (Fsp3) is 0.300. The molecule has 4 heteroatoms. The van der Waals surface area contributed by atoms with Crippen LogP contribution in [0.3, 0.4) is 0 Å². The molecule has 0 heterocycles. The normalized spacial score (nSPS) is 12.3. The number of amides is 1. The van der Waals surface area contributed by atoms with Gasteiger partial charge in [-0.3, -0.25) is 4.79 Å². The lowest BCUT2D eigenvalue weighted by Crippen LogP contribution is -2.27. The Morgan fingerprint density at radius 3 is 2.54 bits per heavy atom. The number of benzene rings is 2. The van der Waals surface area contributed by atoms with Gasteiger partial charge in [-0.1, -0.05) is 42.5 Å². The molecule has 0 aliphatic carbocycles. The molecule has 0 aliphatic rings. The molecule has 0 aromatic heterocycles. The highest BCUT2D eigenvalue weighted by molar-refractivity contribution is 7.99. The Hall–Kier alpha value is -2.07. The predicted octanol–water partition coefficient (Wildman–Crippen LogP) is 4.38. The van der Waals surface area contributed by atoms with Crippen LogP contribution >= 0.6 is 11.8 Å². The number of aryl methyl sites for hydroxylation is 1. The van der Waals surface area contributed by atoms with Gasteiger partial charge in [-0.2, -0.15) is 5.10 Å². The van der Waals surface area contributed by atoms with E-state index in [0.717, 1.165) is 11.3 Å². The average Bonchev–Trinajstić information content (AvgIpc) is 2.60. The molecule has 1 N–H and O–H groups in total. The van der Waals surface area contributed by atoms with Crippen LogP contribution in [0.2, 0.25) is 0 Å². The fourth-order valence-electron chi connectivity index (χ4n) is 2.24. The van der Waals surface area contributed by atoms with Crippen LogP contribution in [0, 0.1) is 20.8 Å². The molecular formula is C20H24N2OS.